The van der Waals surface area contributed by atoms with Crippen LogP contribution in [0, 0.1) is 0 Å². The summed E-state index contributed by atoms with van der Waals surface area (Å²) in [6.07, 6.45) is 0. The quantitative estimate of drug-likeness (QED) is 0.460. The fourth-order valence-corrected chi connectivity index (χ4v) is 1.03. The van der Waals surface area contributed by atoms with E-state index in [4.69, 9.17) is 5.11 Å². The Morgan fingerprint density at radius 2 is 1.39 bits per heavy atom. The Balaban J connectivity index is 0. The van der Waals surface area contributed by atoms with E-state index in [1.807, 2.05) is 21.1 Å². The zero-order chi connectivity index (χ0) is 15.0. The molecule has 0 spiro atoms. The van der Waals surface area contributed by atoms with Crippen molar-refractivity contribution in [2.45, 2.75) is 0 Å². The number of phosphoric ester groups is 1. The topological polar surface area (TPSA) is 92.7 Å². The monoisotopic (exact) mass is 286 g/mol. The Bertz CT molecular complexity index is 254. The van der Waals surface area contributed by atoms with Crippen molar-refractivity contribution in [2.75, 3.05) is 68.6 Å². The molecule has 0 fully saturated rings. The van der Waals surface area contributed by atoms with Crippen LogP contribution in [0.3, 0.4) is 0 Å². The summed E-state index contributed by atoms with van der Waals surface area (Å²) in [6.45, 7) is 1.56. The van der Waals surface area contributed by atoms with Crippen molar-refractivity contribution < 1.29 is 32.9 Å². The van der Waals surface area contributed by atoms with Crippen molar-refractivity contribution in [3.8, 4) is 0 Å². The number of hydrogen-bond acceptors (Lipinski definition) is 5. The third kappa shape index (κ3) is 25.0. The van der Waals surface area contributed by atoms with Gasteiger partial charge in [-0.05, 0) is 0 Å². The molecule has 0 heterocycles. The molecule has 0 amide bonds. The molecule has 0 aliphatic heterocycles. The van der Waals surface area contributed by atoms with E-state index < -0.39 is 7.82 Å². The van der Waals surface area contributed by atoms with Crippen LogP contribution in [0.5, 0.6) is 0 Å². The first kappa shape index (κ1) is 20.3. The van der Waals surface area contributed by atoms with Gasteiger partial charge in [0.2, 0.25) is 0 Å². The largest absolute Gasteiger partial charge is 0.790 e. The van der Waals surface area contributed by atoms with E-state index in [1.54, 1.807) is 0 Å². The molecule has 0 atom stereocenters. The molecule has 8 heteroatoms. The lowest BCUT2D eigenvalue weighted by Crippen LogP contribution is -2.38. The minimum absolute atomic E-state index is 0.0478. The average molecular weight is 286 g/mol. The second kappa shape index (κ2) is 8.22. The third-order valence-electron chi connectivity index (χ3n) is 1.78. The second-order valence-corrected chi connectivity index (χ2v) is 7.18. The van der Waals surface area contributed by atoms with Gasteiger partial charge in [0.05, 0.1) is 56.7 Å². The van der Waals surface area contributed by atoms with Gasteiger partial charge >= 0.3 is 0 Å². The lowest BCUT2D eigenvalue weighted by Gasteiger charge is -2.31. The number of quaternary nitrogens is 2. The summed E-state index contributed by atoms with van der Waals surface area (Å²) in [4.78, 5) is 19.9. The van der Waals surface area contributed by atoms with Crippen molar-refractivity contribution >= 4 is 7.82 Å². The Morgan fingerprint density at radius 3 is 1.56 bits per heavy atom. The van der Waals surface area contributed by atoms with Crippen molar-refractivity contribution in [3.05, 3.63) is 0 Å². The molecule has 0 aromatic rings. The molecule has 0 radical (unpaired) electrons. The highest BCUT2D eigenvalue weighted by atomic mass is 31.2. The van der Waals surface area contributed by atoms with Gasteiger partial charge < -0.3 is 32.9 Å². The Morgan fingerprint density at radius 1 is 1.00 bits per heavy atom. The van der Waals surface area contributed by atoms with E-state index >= 15 is 0 Å². The van der Waals surface area contributed by atoms with Gasteiger partial charge in [0.1, 0.15) is 19.7 Å². The summed E-state index contributed by atoms with van der Waals surface area (Å²) in [5, 5.41) is 8.39. The predicted molar refractivity (Wildman–Crippen MR) is 66.4 cm³/mol. The van der Waals surface area contributed by atoms with Gasteiger partial charge in [-0.25, -0.2) is 0 Å². The second-order valence-electron chi connectivity index (χ2n) is 6.03. The lowest BCUT2D eigenvalue weighted by molar-refractivity contribution is -0.870. The van der Waals surface area contributed by atoms with Gasteiger partial charge in [-0.15, -0.1) is 0 Å². The molecule has 112 valence electrons. The van der Waals surface area contributed by atoms with Crippen molar-refractivity contribution in [2.24, 2.45) is 0 Å². The number of likely N-dealkylation sites (N-methyl/N-ethyl adjacent to an activating group) is 2. The van der Waals surface area contributed by atoms with Crippen molar-refractivity contribution in [1.82, 2.24) is 0 Å². The summed E-state index contributed by atoms with van der Waals surface area (Å²) in [6, 6.07) is 0. The maximum atomic E-state index is 9.96. The van der Waals surface area contributed by atoms with E-state index in [0.717, 1.165) is 11.0 Å². The standard InChI is InChI=1S/C5H14NO4P.C5H14NO/c1-6(2,3)4-5-10-11(7,8)9;1-6(2,3)4-5-7/h4-5H2,1-3H3,(H-,7,8,9);7H,4-5H2,1-3H3/q;+1/p-1. The molecule has 7 nitrogen and oxygen atoms in total. The van der Waals surface area contributed by atoms with Crippen LogP contribution in [-0.2, 0) is 9.09 Å². The summed E-state index contributed by atoms with van der Waals surface area (Å²) < 4.78 is 15.4. The number of aliphatic hydroxyl groups excluding tert-OH is 1. The van der Waals surface area contributed by atoms with Gasteiger partial charge in [0, 0.05) is 0 Å². The fourth-order valence-electron chi connectivity index (χ4n) is 0.726. The van der Waals surface area contributed by atoms with E-state index in [2.05, 4.69) is 25.7 Å². The molecule has 0 aliphatic carbocycles. The zero-order valence-corrected chi connectivity index (χ0v) is 13.1. The smallest absolute Gasteiger partial charge is 0.102 e. The van der Waals surface area contributed by atoms with Gasteiger partial charge in [-0.2, -0.15) is 0 Å². The molecule has 0 bridgehead atoms. The first-order valence-corrected chi connectivity index (χ1v) is 7.11. The highest BCUT2D eigenvalue weighted by Gasteiger charge is 2.06. The van der Waals surface area contributed by atoms with E-state index in [-0.39, 0.29) is 13.2 Å². The fraction of sp³-hybridized carbons (Fsp3) is 1.00. The minimum Gasteiger partial charge on any atom is -0.790 e. The van der Waals surface area contributed by atoms with Crippen LogP contribution in [0.4, 0.5) is 0 Å². The number of nitrogens with zero attached hydrogens (tertiary/aromatic N) is 2. The first-order valence-electron chi connectivity index (χ1n) is 5.65. The van der Waals surface area contributed by atoms with Crippen molar-refractivity contribution in [1.29, 1.82) is 0 Å². The molecule has 0 saturated heterocycles. The normalized spacial score (nSPS) is 12.9. The molecule has 0 aromatic heterocycles. The number of rotatable bonds is 6. The Labute approximate surface area is 110 Å². The lowest BCUT2D eigenvalue weighted by atomic mass is 10.5. The van der Waals surface area contributed by atoms with Crippen LogP contribution >= 0.6 is 7.82 Å². The highest BCUT2D eigenvalue weighted by molar-refractivity contribution is 7.43. The molecule has 0 aromatic carbocycles. The van der Waals surface area contributed by atoms with E-state index in [1.165, 1.54) is 0 Å². The average Bonchev–Trinajstić information content (AvgIpc) is 1.96. The van der Waals surface area contributed by atoms with Crippen LogP contribution in [0.15, 0.2) is 0 Å². The molecule has 1 N–H and O–H groups in total. The van der Waals surface area contributed by atoms with Crippen LogP contribution in [0.25, 0.3) is 0 Å². The molecular weight excluding hydrogens is 259 g/mol. The van der Waals surface area contributed by atoms with Crippen LogP contribution < -0.4 is 9.79 Å². The third-order valence-corrected chi connectivity index (χ3v) is 2.28. The summed E-state index contributed by atoms with van der Waals surface area (Å²) in [5.41, 5.74) is 0. The number of hydrogen-bond donors (Lipinski definition) is 1. The minimum atomic E-state index is -4.76. The molecule has 0 unspecified atom stereocenters. The van der Waals surface area contributed by atoms with Crippen molar-refractivity contribution in [3.63, 3.8) is 0 Å². The number of phosphoric acid groups is 1. The molecule has 0 rings (SSSR count). The Hall–Kier alpha value is -0.0100. The van der Waals surface area contributed by atoms with Gasteiger partial charge in [0.25, 0.3) is 0 Å². The molecule has 18 heavy (non-hydrogen) atoms. The molecular formula is C10H27N2O5P. The first-order chi connectivity index (χ1) is 7.77. The van der Waals surface area contributed by atoms with E-state index in [9.17, 15) is 14.4 Å². The summed E-state index contributed by atoms with van der Waals surface area (Å²) in [7, 11) is 7.03. The van der Waals surface area contributed by atoms with Crippen LogP contribution in [0.1, 0.15) is 0 Å². The summed E-state index contributed by atoms with van der Waals surface area (Å²) >= 11 is 0. The summed E-state index contributed by atoms with van der Waals surface area (Å²) in [5.74, 6) is 0. The maximum absolute atomic E-state index is 9.96. The van der Waals surface area contributed by atoms with Gasteiger partial charge in [-0.3, -0.25) is 0 Å². The van der Waals surface area contributed by atoms with Crippen LogP contribution in [0.2, 0.25) is 0 Å². The predicted octanol–water partition coefficient (Wildman–Crippen LogP) is -1.78. The molecule has 0 aliphatic rings. The Kier molecular flexibility index (Phi) is 9.27. The van der Waals surface area contributed by atoms with E-state index in [0.29, 0.717) is 11.0 Å². The number of aliphatic hydroxyl groups is 1. The van der Waals surface area contributed by atoms with Gasteiger partial charge in [0.15, 0.2) is 0 Å². The van der Waals surface area contributed by atoms with Gasteiger partial charge in [-0.1, -0.05) is 0 Å². The highest BCUT2D eigenvalue weighted by Crippen LogP contribution is 2.23. The van der Waals surface area contributed by atoms with Crippen LogP contribution in [-0.4, -0.2) is 82.7 Å². The SMILES string of the molecule is C[N+](C)(C)CCO.C[N+](C)(C)CCOP(=O)([O-])[O-]. The zero-order valence-electron chi connectivity index (χ0n) is 12.3. The molecule has 0 saturated carbocycles. The maximum Gasteiger partial charge on any atom is 0.102 e.